The van der Waals surface area contributed by atoms with Crippen LogP contribution < -0.4 is 5.32 Å². The molecule has 2 amide bonds. The van der Waals surface area contributed by atoms with Gasteiger partial charge in [0.1, 0.15) is 18.8 Å². The Bertz CT molecular complexity index is 887. The maximum absolute atomic E-state index is 13.1. The van der Waals surface area contributed by atoms with E-state index in [-0.39, 0.29) is 18.4 Å². The fourth-order valence-electron chi connectivity index (χ4n) is 3.96. The normalized spacial score (nSPS) is 19.9. The van der Waals surface area contributed by atoms with Crippen molar-refractivity contribution in [2.45, 2.75) is 51.3 Å². The van der Waals surface area contributed by atoms with Gasteiger partial charge in [0.05, 0.1) is 6.04 Å². The molecule has 31 heavy (non-hydrogen) atoms. The number of nitrogens with zero attached hydrogens (tertiary/aromatic N) is 1. The van der Waals surface area contributed by atoms with Gasteiger partial charge in [-0.3, -0.25) is 9.59 Å². The monoisotopic (exact) mass is 462 g/mol. The summed E-state index contributed by atoms with van der Waals surface area (Å²) in [6.07, 6.45) is 1.73. The van der Waals surface area contributed by atoms with Crippen LogP contribution in [0.1, 0.15) is 56.4 Å². The number of ether oxygens (including phenoxy) is 1. The number of rotatable bonds is 8. The number of morpholine rings is 1. The minimum Gasteiger partial charge on any atom is -0.361 e. The lowest BCUT2D eigenvalue weighted by Crippen LogP contribution is -2.56. The van der Waals surface area contributed by atoms with E-state index < -0.39 is 18.2 Å². The number of amides is 2. The molecule has 1 aliphatic heterocycles. The van der Waals surface area contributed by atoms with Gasteiger partial charge >= 0.3 is 0 Å². The lowest BCUT2D eigenvalue weighted by atomic mass is 9.90. The van der Waals surface area contributed by atoms with Gasteiger partial charge in [-0.1, -0.05) is 67.7 Å². The first-order valence-corrected chi connectivity index (χ1v) is 11.4. The van der Waals surface area contributed by atoms with E-state index in [1.807, 2.05) is 38.1 Å². The van der Waals surface area contributed by atoms with Crippen molar-refractivity contribution in [2.24, 2.45) is 0 Å². The van der Waals surface area contributed by atoms with Crippen molar-refractivity contribution in [1.82, 2.24) is 10.2 Å². The van der Waals surface area contributed by atoms with Crippen molar-refractivity contribution in [3.8, 4) is 0 Å². The number of hydrogen-bond donors (Lipinski definition) is 1. The van der Waals surface area contributed by atoms with Crippen molar-refractivity contribution in [2.75, 3.05) is 13.2 Å². The van der Waals surface area contributed by atoms with Crippen LogP contribution in [-0.4, -0.2) is 35.9 Å². The van der Waals surface area contributed by atoms with Gasteiger partial charge in [-0.25, -0.2) is 0 Å². The zero-order valence-electron chi connectivity index (χ0n) is 17.8. The fraction of sp³-hybridized carbons (Fsp3) is 0.417. The molecule has 166 valence electrons. The van der Waals surface area contributed by atoms with Gasteiger partial charge in [0.2, 0.25) is 11.8 Å². The third kappa shape index (κ3) is 5.59. The summed E-state index contributed by atoms with van der Waals surface area (Å²) in [4.78, 5) is 27.9. The first-order chi connectivity index (χ1) is 15.0. The number of carbonyl (C=O) groups excluding carboxylic acids is 2. The quantitative estimate of drug-likeness (QED) is 0.576. The Morgan fingerprint density at radius 2 is 1.61 bits per heavy atom. The van der Waals surface area contributed by atoms with Crippen LogP contribution in [-0.2, 0) is 14.3 Å². The molecule has 5 nitrogen and oxygen atoms in total. The minimum atomic E-state index is -0.580. The molecule has 0 radical (unpaired) electrons. The zero-order chi connectivity index (χ0) is 22.4. The molecule has 0 aliphatic carbocycles. The largest absolute Gasteiger partial charge is 0.361 e. The Morgan fingerprint density at radius 3 is 2.16 bits per heavy atom. The van der Waals surface area contributed by atoms with Gasteiger partial charge < -0.3 is 15.0 Å². The Balaban J connectivity index is 2.07. The molecule has 1 N–H and O–H groups in total. The molecule has 1 heterocycles. The fourth-order valence-corrected chi connectivity index (χ4v) is 4.21. The number of hydrogen-bond acceptors (Lipinski definition) is 3. The highest BCUT2D eigenvalue weighted by Crippen LogP contribution is 2.42. The van der Waals surface area contributed by atoms with Crippen LogP contribution in [0.15, 0.2) is 48.5 Å². The Morgan fingerprint density at radius 1 is 1.03 bits per heavy atom. The molecule has 0 spiro atoms. The number of halogens is 2. The second kappa shape index (κ2) is 11.0. The van der Waals surface area contributed by atoms with E-state index in [9.17, 15) is 9.59 Å². The molecule has 1 saturated heterocycles. The van der Waals surface area contributed by atoms with Crippen LogP contribution in [0, 0.1) is 0 Å². The van der Waals surface area contributed by atoms with Crippen molar-refractivity contribution in [3.63, 3.8) is 0 Å². The lowest BCUT2D eigenvalue weighted by molar-refractivity contribution is -0.167. The van der Waals surface area contributed by atoms with E-state index in [0.29, 0.717) is 23.0 Å². The summed E-state index contributed by atoms with van der Waals surface area (Å²) < 4.78 is 6.03. The number of benzene rings is 2. The van der Waals surface area contributed by atoms with Gasteiger partial charge in [-0.05, 0) is 48.2 Å². The summed E-state index contributed by atoms with van der Waals surface area (Å²) in [5.74, 6) is -0.331. The van der Waals surface area contributed by atoms with Gasteiger partial charge in [0, 0.05) is 16.6 Å². The van der Waals surface area contributed by atoms with Crippen LogP contribution in [0.5, 0.6) is 0 Å². The van der Waals surface area contributed by atoms with Gasteiger partial charge in [-0.2, -0.15) is 0 Å². The molecule has 0 saturated carbocycles. The van der Waals surface area contributed by atoms with Crippen LogP contribution in [0.25, 0.3) is 0 Å². The number of carbonyl (C=O) groups is 2. The van der Waals surface area contributed by atoms with Crippen molar-refractivity contribution >= 4 is 35.0 Å². The maximum Gasteiger partial charge on any atom is 0.249 e. The SMILES string of the molecule is CCCNC(=O)[C@@H](CCC)N1C(=O)CO[C@H](c2ccc(Cl)cc2)[C@@H]1c1ccc(Cl)cc1. The summed E-state index contributed by atoms with van der Waals surface area (Å²) in [5, 5.41) is 4.19. The van der Waals surface area contributed by atoms with Gasteiger partial charge in [0.25, 0.3) is 0 Å². The summed E-state index contributed by atoms with van der Waals surface area (Å²) in [7, 11) is 0. The van der Waals surface area contributed by atoms with Crippen molar-refractivity contribution in [1.29, 1.82) is 0 Å². The second-order valence-corrected chi connectivity index (χ2v) is 8.55. The maximum atomic E-state index is 13.1. The van der Waals surface area contributed by atoms with E-state index in [0.717, 1.165) is 24.0 Å². The highest BCUT2D eigenvalue weighted by molar-refractivity contribution is 6.30. The molecule has 2 aromatic carbocycles. The van der Waals surface area contributed by atoms with E-state index in [2.05, 4.69) is 5.32 Å². The molecular formula is C24H28Cl2N2O3. The van der Waals surface area contributed by atoms with E-state index in [1.165, 1.54) is 0 Å². The van der Waals surface area contributed by atoms with Crippen LogP contribution in [0.4, 0.5) is 0 Å². The van der Waals surface area contributed by atoms with E-state index in [1.54, 1.807) is 29.2 Å². The first kappa shape index (κ1) is 23.6. The lowest BCUT2D eigenvalue weighted by Gasteiger charge is -2.45. The highest BCUT2D eigenvalue weighted by atomic mass is 35.5. The molecule has 0 unspecified atom stereocenters. The van der Waals surface area contributed by atoms with Gasteiger partial charge in [-0.15, -0.1) is 0 Å². The van der Waals surface area contributed by atoms with E-state index >= 15 is 0 Å². The first-order valence-electron chi connectivity index (χ1n) is 10.7. The Kier molecular flexibility index (Phi) is 8.35. The average Bonchev–Trinajstić information content (AvgIpc) is 2.77. The third-order valence-electron chi connectivity index (χ3n) is 5.42. The third-order valence-corrected chi connectivity index (χ3v) is 5.92. The zero-order valence-corrected chi connectivity index (χ0v) is 19.3. The molecule has 0 aromatic heterocycles. The molecule has 2 aromatic rings. The predicted octanol–water partition coefficient (Wildman–Crippen LogP) is 5.33. The summed E-state index contributed by atoms with van der Waals surface area (Å²) >= 11 is 12.2. The average molecular weight is 463 g/mol. The minimum absolute atomic E-state index is 0.0847. The second-order valence-electron chi connectivity index (χ2n) is 7.68. The standard InChI is InChI=1S/C24H28Cl2N2O3/c1-3-5-20(24(30)27-14-4-2)28-21(29)15-31-23(17-8-12-19(26)13-9-17)22(28)16-6-10-18(25)11-7-16/h6-13,20,22-23H,3-5,14-15H2,1-2H3,(H,27,30)/t20-,22+,23-/m1/s1. The Hall–Kier alpha value is -2.08. The van der Waals surface area contributed by atoms with Gasteiger partial charge in [0.15, 0.2) is 0 Å². The summed E-state index contributed by atoms with van der Waals surface area (Å²) in [5.41, 5.74) is 1.76. The predicted molar refractivity (Wildman–Crippen MR) is 123 cm³/mol. The van der Waals surface area contributed by atoms with E-state index in [4.69, 9.17) is 27.9 Å². The van der Waals surface area contributed by atoms with Crippen molar-refractivity contribution < 1.29 is 14.3 Å². The van der Waals surface area contributed by atoms with Crippen molar-refractivity contribution in [3.05, 3.63) is 69.7 Å². The topological polar surface area (TPSA) is 58.6 Å². The van der Waals surface area contributed by atoms with Crippen LogP contribution >= 0.6 is 23.2 Å². The van der Waals surface area contributed by atoms with Crippen LogP contribution in [0.2, 0.25) is 10.0 Å². The number of nitrogens with one attached hydrogen (secondary N) is 1. The van der Waals surface area contributed by atoms with Crippen LogP contribution in [0.3, 0.4) is 0 Å². The molecular weight excluding hydrogens is 435 g/mol. The summed E-state index contributed by atoms with van der Waals surface area (Å²) in [6, 6.07) is 13.7. The highest BCUT2D eigenvalue weighted by Gasteiger charge is 2.43. The molecule has 7 heteroatoms. The molecule has 1 aliphatic rings. The summed E-state index contributed by atoms with van der Waals surface area (Å²) in [6.45, 7) is 4.50. The molecule has 1 fully saturated rings. The molecule has 3 atom stereocenters. The molecule has 3 rings (SSSR count). The molecule has 0 bridgehead atoms. The smallest absolute Gasteiger partial charge is 0.249 e. The Labute approximate surface area is 193 Å².